The maximum atomic E-state index is 12.9. The fourth-order valence-electron chi connectivity index (χ4n) is 2.41. The molecule has 0 aromatic heterocycles. The Bertz CT molecular complexity index is 741. The van der Waals surface area contributed by atoms with Crippen molar-refractivity contribution in [3.05, 3.63) is 77.6 Å². The van der Waals surface area contributed by atoms with E-state index in [2.05, 4.69) is 0 Å². The van der Waals surface area contributed by atoms with Crippen molar-refractivity contribution in [1.29, 1.82) is 0 Å². The number of cyclic esters (lactones) is 1. The topological polar surface area (TPSA) is 46.6 Å². The zero-order chi connectivity index (χ0) is 16.2. The lowest BCUT2D eigenvalue weighted by atomic mass is 10.1. The number of hydrogen-bond acceptors (Lipinski definition) is 3. The van der Waals surface area contributed by atoms with E-state index < -0.39 is 18.0 Å². The summed E-state index contributed by atoms with van der Waals surface area (Å²) in [4.78, 5) is 25.3. The molecular formula is C18H14FNO3. The van der Waals surface area contributed by atoms with Crippen molar-refractivity contribution < 1.29 is 18.7 Å². The van der Waals surface area contributed by atoms with Gasteiger partial charge in [0.25, 0.3) is 5.91 Å². The molecule has 4 nitrogen and oxygen atoms in total. The summed E-state index contributed by atoms with van der Waals surface area (Å²) < 4.78 is 17.9. The Hall–Kier alpha value is -2.95. The second-order valence-electron chi connectivity index (χ2n) is 5.10. The van der Waals surface area contributed by atoms with E-state index >= 15 is 0 Å². The van der Waals surface area contributed by atoms with E-state index in [1.54, 1.807) is 12.1 Å². The van der Waals surface area contributed by atoms with Crippen molar-refractivity contribution in [3.8, 4) is 0 Å². The second-order valence-corrected chi connectivity index (χ2v) is 5.10. The highest BCUT2D eigenvalue weighted by molar-refractivity contribution is 6.02. The van der Waals surface area contributed by atoms with Gasteiger partial charge in [0.15, 0.2) is 0 Å². The second kappa shape index (κ2) is 6.44. The summed E-state index contributed by atoms with van der Waals surface area (Å²) in [5.41, 5.74) is 1.51. The molecule has 0 saturated carbocycles. The molecule has 0 radical (unpaired) electrons. The predicted octanol–water partition coefficient (Wildman–Crippen LogP) is 3.56. The monoisotopic (exact) mass is 311 g/mol. The van der Waals surface area contributed by atoms with E-state index in [9.17, 15) is 14.0 Å². The summed E-state index contributed by atoms with van der Waals surface area (Å²) in [7, 11) is 0. The van der Waals surface area contributed by atoms with Crippen molar-refractivity contribution in [2.45, 2.75) is 6.04 Å². The van der Waals surface area contributed by atoms with Crippen LogP contribution in [0.5, 0.6) is 0 Å². The number of halogens is 1. The first-order chi connectivity index (χ1) is 11.1. The zero-order valence-corrected chi connectivity index (χ0v) is 12.2. The molecule has 0 aliphatic carbocycles. The van der Waals surface area contributed by atoms with Gasteiger partial charge in [-0.05, 0) is 29.3 Å². The molecule has 1 aliphatic rings. The first-order valence-corrected chi connectivity index (χ1v) is 7.14. The molecule has 2 aromatic rings. The van der Waals surface area contributed by atoms with Gasteiger partial charge in [0.2, 0.25) is 0 Å². The molecule has 1 atom stereocenters. The van der Waals surface area contributed by atoms with Gasteiger partial charge in [0.05, 0.1) is 0 Å². The number of ether oxygens (including phenoxy) is 1. The highest BCUT2D eigenvalue weighted by atomic mass is 19.1. The van der Waals surface area contributed by atoms with Gasteiger partial charge in [-0.2, -0.15) is 0 Å². The van der Waals surface area contributed by atoms with Crippen molar-refractivity contribution in [1.82, 2.24) is 4.90 Å². The molecule has 2 aromatic carbocycles. The highest BCUT2D eigenvalue weighted by Gasteiger charge is 2.37. The van der Waals surface area contributed by atoms with Crippen LogP contribution in [0.15, 0.2) is 60.7 Å². The third kappa shape index (κ3) is 3.29. The van der Waals surface area contributed by atoms with Crippen LogP contribution in [0, 0.1) is 5.82 Å². The summed E-state index contributed by atoms with van der Waals surface area (Å²) in [6, 6.07) is 14.5. The van der Waals surface area contributed by atoms with Crippen LogP contribution >= 0.6 is 0 Å². The van der Waals surface area contributed by atoms with Crippen molar-refractivity contribution in [2.75, 3.05) is 6.61 Å². The minimum absolute atomic E-state index is 0.138. The molecule has 0 bridgehead atoms. The summed E-state index contributed by atoms with van der Waals surface area (Å²) in [6.07, 6.45) is 2.16. The molecule has 1 aliphatic heterocycles. The van der Waals surface area contributed by atoms with Gasteiger partial charge in [-0.25, -0.2) is 14.1 Å². The van der Waals surface area contributed by atoms with Crippen LogP contribution in [0.25, 0.3) is 6.08 Å². The quantitative estimate of drug-likeness (QED) is 0.814. The van der Waals surface area contributed by atoms with E-state index in [-0.39, 0.29) is 12.4 Å². The maximum absolute atomic E-state index is 12.9. The highest BCUT2D eigenvalue weighted by Crippen LogP contribution is 2.27. The fraction of sp³-hybridized carbons (Fsp3) is 0.111. The molecule has 1 fully saturated rings. The van der Waals surface area contributed by atoms with Crippen LogP contribution in [0.2, 0.25) is 0 Å². The number of carbonyl (C=O) groups is 2. The Morgan fingerprint density at radius 3 is 2.52 bits per heavy atom. The third-order valence-electron chi connectivity index (χ3n) is 3.58. The molecule has 1 heterocycles. The lowest BCUT2D eigenvalue weighted by Gasteiger charge is -2.18. The standard InChI is InChI=1S/C18H14FNO3/c19-15-9-6-13(7-10-15)8-11-17(21)20-16(12-23-18(20)22)14-4-2-1-3-5-14/h1-11,16H,12H2/b11-8+/t16-/m1/s1. The smallest absolute Gasteiger partial charge is 0.417 e. The van der Waals surface area contributed by atoms with Gasteiger partial charge in [-0.15, -0.1) is 0 Å². The molecule has 0 unspecified atom stereocenters. The largest absolute Gasteiger partial charge is 0.446 e. The van der Waals surface area contributed by atoms with E-state index in [4.69, 9.17) is 4.74 Å². The van der Waals surface area contributed by atoms with Crippen LogP contribution in [-0.4, -0.2) is 23.5 Å². The van der Waals surface area contributed by atoms with Crippen LogP contribution in [0.4, 0.5) is 9.18 Å². The molecule has 23 heavy (non-hydrogen) atoms. The first kappa shape index (κ1) is 15.0. The number of benzene rings is 2. The maximum Gasteiger partial charge on any atom is 0.417 e. The molecule has 2 amide bonds. The lowest BCUT2D eigenvalue weighted by molar-refractivity contribution is -0.124. The van der Waals surface area contributed by atoms with Gasteiger partial charge in [-0.1, -0.05) is 42.5 Å². The minimum atomic E-state index is -0.660. The Morgan fingerprint density at radius 2 is 1.83 bits per heavy atom. The average molecular weight is 311 g/mol. The van der Waals surface area contributed by atoms with E-state index in [1.807, 2.05) is 30.3 Å². The molecule has 0 spiro atoms. The minimum Gasteiger partial charge on any atom is -0.446 e. The van der Waals surface area contributed by atoms with E-state index in [1.165, 1.54) is 24.3 Å². The average Bonchev–Trinajstić information content (AvgIpc) is 2.96. The molecular weight excluding hydrogens is 297 g/mol. The van der Waals surface area contributed by atoms with Gasteiger partial charge >= 0.3 is 6.09 Å². The number of hydrogen-bond donors (Lipinski definition) is 0. The Balaban J connectivity index is 1.79. The van der Waals surface area contributed by atoms with E-state index in [0.29, 0.717) is 5.56 Å². The summed E-state index contributed by atoms with van der Waals surface area (Å²) >= 11 is 0. The number of rotatable bonds is 3. The van der Waals surface area contributed by atoms with Crippen LogP contribution in [0.3, 0.4) is 0 Å². The van der Waals surface area contributed by atoms with Gasteiger partial charge < -0.3 is 4.74 Å². The lowest BCUT2D eigenvalue weighted by Crippen LogP contribution is -2.32. The van der Waals surface area contributed by atoms with E-state index in [0.717, 1.165) is 10.5 Å². The van der Waals surface area contributed by atoms with Crippen LogP contribution in [-0.2, 0) is 9.53 Å². The SMILES string of the molecule is O=C(/C=C/c1ccc(F)cc1)N1C(=O)OC[C@@H]1c1ccccc1. The third-order valence-corrected chi connectivity index (χ3v) is 3.58. The number of nitrogens with zero attached hydrogens (tertiary/aromatic N) is 1. The van der Waals surface area contributed by atoms with Crippen molar-refractivity contribution in [3.63, 3.8) is 0 Å². The molecule has 3 rings (SSSR count). The predicted molar refractivity (Wildman–Crippen MR) is 82.8 cm³/mol. The van der Waals surface area contributed by atoms with Gasteiger partial charge in [0.1, 0.15) is 18.5 Å². The van der Waals surface area contributed by atoms with Crippen LogP contribution in [0.1, 0.15) is 17.2 Å². The molecule has 0 N–H and O–H groups in total. The number of amides is 2. The van der Waals surface area contributed by atoms with Crippen molar-refractivity contribution >= 4 is 18.1 Å². The van der Waals surface area contributed by atoms with Crippen molar-refractivity contribution in [2.24, 2.45) is 0 Å². The summed E-state index contributed by atoms with van der Waals surface area (Å²) in [6.45, 7) is 0.138. The van der Waals surface area contributed by atoms with Crippen LogP contribution < -0.4 is 0 Å². The summed E-state index contributed by atoms with van der Waals surface area (Å²) in [5, 5.41) is 0. The number of imide groups is 1. The first-order valence-electron chi connectivity index (χ1n) is 7.14. The summed E-state index contributed by atoms with van der Waals surface area (Å²) in [5.74, 6) is -0.814. The fourth-order valence-corrected chi connectivity index (χ4v) is 2.41. The van der Waals surface area contributed by atoms with Gasteiger partial charge in [0, 0.05) is 6.08 Å². The molecule has 1 saturated heterocycles. The molecule has 5 heteroatoms. The van der Waals surface area contributed by atoms with Gasteiger partial charge in [-0.3, -0.25) is 4.79 Å². The molecule has 116 valence electrons. The number of carbonyl (C=O) groups excluding carboxylic acids is 2. The Morgan fingerprint density at radius 1 is 1.13 bits per heavy atom. The Kier molecular flexibility index (Phi) is 4.19. The zero-order valence-electron chi connectivity index (χ0n) is 12.2. The Labute approximate surface area is 132 Å². The normalized spacial score (nSPS) is 17.5.